The molecule has 2 atom stereocenters. The second-order valence-electron chi connectivity index (χ2n) is 22.4. The van der Waals surface area contributed by atoms with E-state index in [2.05, 4.69) is 204 Å². The van der Waals surface area contributed by atoms with Crippen molar-refractivity contribution < 1.29 is 10.2 Å². The lowest BCUT2D eigenvalue weighted by Crippen LogP contribution is -2.17. The van der Waals surface area contributed by atoms with Gasteiger partial charge < -0.3 is 50.4 Å². The molecule has 0 radical (unpaired) electrons. The highest BCUT2D eigenvalue weighted by Crippen LogP contribution is 2.69. The molecule has 0 aliphatic heterocycles. The van der Waals surface area contributed by atoms with Crippen LogP contribution in [0.2, 0.25) is 0 Å². The number of phenolic OH excluding ortho intramolecular Hbond substituents is 2. The van der Waals surface area contributed by atoms with Gasteiger partial charge in [-0.15, -0.1) is 0 Å². The molecule has 0 heterocycles. The Hall–Kier alpha value is -3.75. The molecule has 1 aliphatic rings. The summed E-state index contributed by atoms with van der Waals surface area (Å²) in [6.45, 7) is 26.2. The molecule has 2 nitrogen and oxygen atoms in total. The zero-order valence-corrected chi connectivity index (χ0v) is 45.5. The van der Waals surface area contributed by atoms with E-state index >= 15 is 0 Å². The van der Waals surface area contributed by atoms with Gasteiger partial charge in [-0.25, -0.2) is 0 Å². The fourth-order valence-electron chi connectivity index (χ4n) is 10.3. The number of benzene rings is 8. The van der Waals surface area contributed by atoms with Gasteiger partial charge in [-0.1, -0.05) is 180 Å². The molecule has 346 valence electrons. The quantitative estimate of drug-likeness (QED) is 0.105. The van der Waals surface area contributed by atoms with Crippen LogP contribution in [-0.2, 0) is 21.7 Å². The van der Waals surface area contributed by atoms with Gasteiger partial charge in [0.05, 0.1) is 0 Å². The summed E-state index contributed by atoms with van der Waals surface area (Å²) in [6.07, 6.45) is 0. The molecule has 0 aromatic heterocycles. The van der Waals surface area contributed by atoms with Crippen molar-refractivity contribution in [3.8, 4) is 33.8 Å². The average molecular weight is 1010 g/mol. The van der Waals surface area contributed by atoms with Crippen molar-refractivity contribution in [1.29, 1.82) is 0 Å². The van der Waals surface area contributed by atoms with Gasteiger partial charge in [0.1, 0.15) is 23.1 Å². The minimum Gasteiger partial charge on any atom is -0.507 e. The van der Waals surface area contributed by atoms with Crippen LogP contribution in [0.3, 0.4) is 0 Å². The summed E-state index contributed by atoms with van der Waals surface area (Å²) in [7, 11) is 17.0. The van der Waals surface area contributed by atoms with Crippen LogP contribution >= 0.6 is 51.8 Å². The lowest BCUT2D eigenvalue weighted by Gasteiger charge is -2.29. The zero-order chi connectivity index (χ0) is 48.9. The van der Waals surface area contributed by atoms with Crippen molar-refractivity contribution in [2.24, 2.45) is 0 Å². The van der Waals surface area contributed by atoms with Crippen LogP contribution in [-0.4, -0.2) is 19.6 Å². The summed E-state index contributed by atoms with van der Waals surface area (Å²) in [6, 6.07) is 44.3. The van der Waals surface area contributed by atoms with Gasteiger partial charge in [0, 0.05) is 33.4 Å². The minimum absolute atomic E-state index is 0.0121. The van der Waals surface area contributed by atoms with Crippen LogP contribution in [0.15, 0.2) is 121 Å². The first-order chi connectivity index (χ1) is 31.1. The van der Waals surface area contributed by atoms with Crippen LogP contribution in [0.1, 0.15) is 128 Å². The summed E-state index contributed by atoms with van der Waals surface area (Å²) in [4.78, 5) is 0. The third-order valence-corrected chi connectivity index (χ3v) is 13.9. The molecule has 9 rings (SSSR count). The van der Waals surface area contributed by atoms with Crippen LogP contribution in [0.5, 0.6) is 11.5 Å². The van der Waals surface area contributed by atoms with Crippen LogP contribution in [0.25, 0.3) is 65.3 Å². The average Bonchev–Trinajstić information content (AvgIpc) is 3.87. The molecular formula is C59H60AlCl5O2. The molecule has 8 heteroatoms. The van der Waals surface area contributed by atoms with Crippen LogP contribution < -0.4 is 0 Å². The van der Waals surface area contributed by atoms with E-state index in [-0.39, 0.29) is 33.5 Å². The van der Waals surface area contributed by atoms with E-state index in [1.54, 1.807) is 0 Å². The monoisotopic (exact) mass is 1000 g/mol. The van der Waals surface area contributed by atoms with E-state index in [1.807, 2.05) is 0 Å². The van der Waals surface area contributed by atoms with E-state index in [0.717, 1.165) is 38.8 Å². The lowest BCUT2D eigenvalue weighted by molar-refractivity contribution is 0.422. The molecule has 0 bridgehead atoms. The Balaban J connectivity index is 0.00000116. The van der Waals surface area contributed by atoms with Crippen LogP contribution in [0.4, 0.5) is 0 Å². The number of hydrogen-bond donors (Lipinski definition) is 2. The Morgan fingerprint density at radius 3 is 0.776 bits per heavy atom. The highest BCUT2D eigenvalue weighted by molar-refractivity contribution is 7.81. The fourth-order valence-corrected chi connectivity index (χ4v) is 10.7. The Bertz CT molecular complexity index is 2830. The first-order valence-corrected chi connectivity index (χ1v) is 30.5. The summed E-state index contributed by atoms with van der Waals surface area (Å²) < 4.78 is 0. The normalized spacial score (nSPS) is 15.9. The topological polar surface area (TPSA) is 40.5 Å². The molecule has 0 saturated heterocycles. The third kappa shape index (κ3) is 9.50. The van der Waals surface area contributed by atoms with E-state index < -0.39 is 9.39 Å². The van der Waals surface area contributed by atoms with Crippen molar-refractivity contribution >= 4 is 104 Å². The summed E-state index contributed by atoms with van der Waals surface area (Å²) in [5.41, 5.74) is 9.90. The van der Waals surface area contributed by atoms with E-state index in [4.69, 9.17) is 51.8 Å². The van der Waals surface area contributed by atoms with Gasteiger partial charge in [0.15, 0.2) is 11.8 Å². The highest BCUT2D eigenvalue weighted by atomic mass is 35.9. The molecule has 1 fully saturated rings. The Labute approximate surface area is 421 Å². The predicted molar refractivity (Wildman–Crippen MR) is 296 cm³/mol. The van der Waals surface area contributed by atoms with Crippen molar-refractivity contribution in [3.05, 3.63) is 160 Å². The minimum atomic E-state index is -2.94. The Morgan fingerprint density at radius 2 is 0.582 bits per heavy atom. The molecule has 2 N–H and O–H groups in total. The molecule has 0 amide bonds. The maximum atomic E-state index is 11.8. The van der Waals surface area contributed by atoms with Gasteiger partial charge in [-0.05, 0) is 111 Å². The first kappa shape index (κ1) is 49.7. The summed E-state index contributed by atoms with van der Waals surface area (Å²) in [5, 5.41) is 34.0. The number of hydrogen-bond acceptors (Lipinski definition) is 2. The zero-order valence-electron chi connectivity index (χ0n) is 40.6. The van der Waals surface area contributed by atoms with E-state index in [1.165, 1.54) is 65.3 Å². The number of rotatable bonds is 4. The van der Waals surface area contributed by atoms with Gasteiger partial charge >= 0.3 is 9.39 Å². The number of phenols is 2. The molecule has 0 spiro atoms. The summed E-state index contributed by atoms with van der Waals surface area (Å²) in [5.74, 6) is 0.756. The molecule has 8 aromatic carbocycles. The lowest BCUT2D eigenvalue weighted by atomic mass is 9.76. The third-order valence-electron chi connectivity index (χ3n) is 13.4. The molecular weight excluding hydrogens is 945 g/mol. The van der Waals surface area contributed by atoms with E-state index in [0.29, 0.717) is 11.5 Å². The molecule has 67 heavy (non-hydrogen) atoms. The Morgan fingerprint density at radius 1 is 0.388 bits per heavy atom. The van der Waals surface area contributed by atoms with Gasteiger partial charge in [0.2, 0.25) is 5.38 Å². The Kier molecular flexibility index (Phi) is 13.0. The van der Waals surface area contributed by atoms with Gasteiger partial charge in [-0.3, -0.25) is 0 Å². The standard InChI is InChI=1S/C59H59ClO2.Al.4ClH/c1-56(2,3)43-29-33(30-44(54(43)61)57(4,5)6)47-35-21-13-17-25-39(35)49(40-26-18-14-22-36(40)47)51-52(53(51)60)50-41-27-19-15-23-37(41)48(38-24-16-20-28-42(38)50)34-31-45(58(7,8)9)55(62)46(32-34)59(10,11)12;;;;;/h13-32,51-52H,1-12H3,(H-,61,62);;4*1H/q;+3;;;;/p-3. The second-order valence-corrected chi connectivity index (χ2v) is 35.7. The molecule has 2 unspecified atom stereocenters. The number of aromatic hydroxyl groups is 2. The molecule has 8 aromatic rings. The maximum absolute atomic E-state index is 11.8. The maximum Gasteiger partial charge on any atom is 0.564 e. The SMILES string of the molecule is CC(C)(C)c1cc(-c2c3ccccc3c(C3[C+](Cl)C3c3c4ccccc4c(-c4cc(C(C)(C)C)c(O)c(C(C)(C)C)c4)c4ccccc34)c3ccccc23)cc(C(C)(C)C)c1O.[Cl][Al-]([Cl])([Cl])[Cl]. The fraction of sp³-hybridized carbons (Fsp3) is 0.305. The van der Waals surface area contributed by atoms with Crippen molar-refractivity contribution in [1.82, 2.24) is 0 Å². The van der Waals surface area contributed by atoms with Crippen molar-refractivity contribution in [2.75, 3.05) is 0 Å². The van der Waals surface area contributed by atoms with Gasteiger partial charge in [-0.2, -0.15) is 0 Å². The first-order valence-electron chi connectivity index (χ1n) is 23.1. The van der Waals surface area contributed by atoms with Gasteiger partial charge in [0.25, 0.3) is 0 Å². The number of halogens is 5. The van der Waals surface area contributed by atoms with E-state index in [9.17, 15) is 10.2 Å². The predicted octanol–water partition coefficient (Wildman–Crippen LogP) is 19.3. The van der Waals surface area contributed by atoms with Crippen molar-refractivity contribution in [2.45, 2.75) is 117 Å². The highest BCUT2D eigenvalue weighted by Gasteiger charge is 2.68. The molecule has 1 aliphatic carbocycles. The van der Waals surface area contributed by atoms with Crippen LogP contribution in [0, 0.1) is 5.38 Å². The summed E-state index contributed by atoms with van der Waals surface area (Å²) >= 11 is 7.68. The number of fused-ring (bicyclic) bond motifs is 4. The molecule has 1 saturated carbocycles. The smallest absolute Gasteiger partial charge is 0.507 e. The largest absolute Gasteiger partial charge is 0.564 e. The van der Waals surface area contributed by atoms with Crippen molar-refractivity contribution in [3.63, 3.8) is 0 Å². The second kappa shape index (κ2) is 17.6.